The first-order chi connectivity index (χ1) is 16.4. The summed E-state index contributed by atoms with van der Waals surface area (Å²) in [6.45, 7) is -1.94. The number of rotatable bonds is 7. The predicted molar refractivity (Wildman–Crippen MR) is 115 cm³/mol. The van der Waals surface area contributed by atoms with Crippen molar-refractivity contribution < 1.29 is 83.7 Å². The third kappa shape index (κ3) is 4.94. The van der Waals surface area contributed by atoms with E-state index in [0.717, 1.165) is 0 Å². The molecular weight excluding hydrogens is 552 g/mol. The van der Waals surface area contributed by atoms with Gasteiger partial charge in [-0.05, 0) is 0 Å². The van der Waals surface area contributed by atoms with E-state index < -0.39 is 105 Å². The zero-order valence-electron chi connectivity index (χ0n) is 18.5. The Labute approximate surface area is 206 Å². The number of hydrogen-bond acceptors (Lipinski definition) is 13. The van der Waals surface area contributed by atoms with Crippen molar-refractivity contribution in [3.63, 3.8) is 0 Å². The molecule has 2 fully saturated rings. The minimum atomic E-state index is -5.88. The zero-order chi connectivity index (χ0) is 27.5. The molecule has 3 heterocycles. The van der Waals surface area contributed by atoms with Gasteiger partial charge in [0, 0.05) is 6.07 Å². The molecule has 1 amide bonds. The number of aliphatic hydroxyl groups is 6. The van der Waals surface area contributed by atoms with Crippen molar-refractivity contribution in [1.82, 2.24) is 0 Å². The molecule has 21 heteroatoms. The Kier molecular flexibility index (Phi) is 8.96. The standard InChI is InChI=1S/C16H25N3O15P2.H2O/c17-7-1-6(35(27,28)29)8(14(18)26)15(36(30,31)32)19(7)16(12(25)10(23)5(3-21)34-16)13-11(24)9(22)4(2-20)33-13;/h1,4-5,9-13,17,20-25H,2-3H2,(H6,18,26,27,28,29,30,31,32);1H2/t4-,5-,9-,10-,11-,12-,13?,16?;/m1./s1. The fraction of sp³-hybridized carbons (Fsp3) is 0.625. The Bertz CT molecular complexity index is 1140. The van der Waals surface area contributed by atoms with Gasteiger partial charge in [0.1, 0.15) is 36.1 Å². The highest BCUT2D eigenvalue weighted by atomic mass is 31.2. The van der Waals surface area contributed by atoms with Gasteiger partial charge in [-0.15, -0.1) is 0 Å². The Morgan fingerprint density at radius 1 is 0.973 bits per heavy atom. The van der Waals surface area contributed by atoms with Gasteiger partial charge in [0.15, 0.2) is 12.2 Å². The lowest BCUT2D eigenvalue weighted by molar-refractivity contribution is -0.799. The number of hydrogen-bond donors (Lipinski definition) is 12. The molecule has 2 aliphatic heterocycles. The van der Waals surface area contributed by atoms with E-state index >= 15 is 0 Å². The first-order valence-electron chi connectivity index (χ1n) is 10.0. The number of nitrogens with two attached hydrogens (primary N) is 2. The summed E-state index contributed by atoms with van der Waals surface area (Å²) in [5, 5.41) is 60.3. The molecular formula is C16H27N3O16P2. The summed E-state index contributed by atoms with van der Waals surface area (Å²) in [5.41, 5.74) is 5.10. The summed E-state index contributed by atoms with van der Waals surface area (Å²) >= 11 is 0. The largest absolute Gasteiger partial charge is 0.870 e. The molecule has 0 saturated carbocycles. The number of primary amides is 1. The van der Waals surface area contributed by atoms with Crippen LogP contribution in [0, 0.1) is 0 Å². The SMILES string of the molecule is NC(=O)c1c(P(=O)(O)O)cc(N)[n+](C2(C3O[C@H](CO)[C@@H](O)[C@H]3O)O[C@H](CO)[C@@H](O)[C@H]2O)c1P(=O)(O)O.[OH-]. The van der Waals surface area contributed by atoms with E-state index in [9.17, 15) is 64.1 Å². The molecule has 15 N–H and O–H groups in total. The molecule has 1 aromatic heterocycles. The average Bonchev–Trinajstić information content (AvgIpc) is 3.19. The number of nitrogen functional groups attached to an aromatic ring is 1. The van der Waals surface area contributed by atoms with Gasteiger partial charge < -0.3 is 70.9 Å². The molecule has 0 aromatic carbocycles. The molecule has 0 spiro atoms. The molecule has 2 unspecified atom stereocenters. The molecule has 19 nitrogen and oxygen atoms in total. The molecule has 37 heavy (non-hydrogen) atoms. The Morgan fingerprint density at radius 3 is 1.89 bits per heavy atom. The number of carbonyl (C=O) groups excluding carboxylic acids is 1. The summed E-state index contributed by atoms with van der Waals surface area (Å²) in [6.07, 6.45) is -13.9. The van der Waals surface area contributed by atoms with E-state index in [2.05, 4.69) is 0 Å². The van der Waals surface area contributed by atoms with Gasteiger partial charge in [0.2, 0.25) is 5.44 Å². The molecule has 1 aromatic rings. The molecule has 212 valence electrons. The second-order valence-corrected chi connectivity index (χ2v) is 11.3. The van der Waals surface area contributed by atoms with Crippen LogP contribution in [0.1, 0.15) is 10.4 Å². The van der Waals surface area contributed by atoms with Crippen molar-refractivity contribution >= 4 is 37.7 Å². The van der Waals surface area contributed by atoms with Gasteiger partial charge in [-0.3, -0.25) is 19.7 Å². The maximum Gasteiger partial charge on any atom is 0.396 e. The third-order valence-electron chi connectivity index (χ3n) is 6.02. The quantitative estimate of drug-likeness (QED) is 0.105. The van der Waals surface area contributed by atoms with Crippen LogP contribution in [0.3, 0.4) is 0 Å². The van der Waals surface area contributed by atoms with Crippen LogP contribution in [0.2, 0.25) is 0 Å². The number of aliphatic hydroxyl groups excluding tert-OH is 6. The van der Waals surface area contributed by atoms with Gasteiger partial charge in [-0.25, -0.2) is 0 Å². The van der Waals surface area contributed by atoms with E-state index in [1.165, 1.54) is 0 Å². The smallest absolute Gasteiger partial charge is 0.396 e. The molecule has 0 bridgehead atoms. The fourth-order valence-electron chi connectivity index (χ4n) is 4.50. The number of pyridine rings is 1. The summed E-state index contributed by atoms with van der Waals surface area (Å²) in [7, 11) is -11.4. The first kappa shape index (κ1) is 31.6. The zero-order valence-corrected chi connectivity index (χ0v) is 20.3. The topological polar surface area (TPSA) is 358 Å². The van der Waals surface area contributed by atoms with Crippen LogP contribution >= 0.6 is 15.2 Å². The maximum absolute atomic E-state index is 12.6. The summed E-state index contributed by atoms with van der Waals surface area (Å²) in [5.74, 6) is -2.76. The Hall–Kier alpha value is -1.64. The van der Waals surface area contributed by atoms with E-state index in [0.29, 0.717) is 6.07 Å². The number of nitrogens with zero attached hydrogens (tertiary/aromatic N) is 1. The van der Waals surface area contributed by atoms with Crippen molar-refractivity contribution in [2.45, 2.75) is 48.5 Å². The number of anilines is 1. The van der Waals surface area contributed by atoms with E-state index in [1.54, 1.807) is 0 Å². The second kappa shape index (κ2) is 10.5. The van der Waals surface area contributed by atoms with Crippen molar-refractivity contribution in [3.8, 4) is 0 Å². The highest BCUT2D eigenvalue weighted by molar-refractivity contribution is 7.62. The fourth-order valence-corrected chi connectivity index (χ4v) is 6.45. The van der Waals surface area contributed by atoms with Gasteiger partial charge in [-0.2, -0.15) is 4.57 Å². The lowest BCUT2D eigenvalue weighted by Crippen LogP contribution is -2.77. The summed E-state index contributed by atoms with van der Waals surface area (Å²) < 4.78 is 35.8. The van der Waals surface area contributed by atoms with Gasteiger partial charge in [0.05, 0.1) is 18.5 Å². The van der Waals surface area contributed by atoms with E-state index in [1.807, 2.05) is 0 Å². The molecule has 0 radical (unpaired) electrons. The highest BCUT2D eigenvalue weighted by Gasteiger charge is 2.70. The molecule has 2 saturated heterocycles. The normalized spacial score (nSPS) is 34.4. The van der Waals surface area contributed by atoms with Crippen LogP contribution in [0.25, 0.3) is 0 Å². The third-order valence-corrected chi connectivity index (χ3v) is 7.97. The van der Waals surface area contributed by atoms with Crippen molar-refractivity contribution in [3.05, 3.63) is 11.6 Å². The van der Waals surface area contributed by atoms with Crippen LogP contribution in [0.15, 0.2) is 6.07 Å². The van der Waals surface area contributed by atoms with Gasteiger partial charge in [0.25, 0.3) is 17.5 Å². The van der Waals surface area contributed by atoms with Gasteiger partial charge in [-0.1, -0.05) is 0 Å². The monoisotopic (exact) mass is 579 g/mol. The second-order valence-electron chi connectivity index (χ2n) is 8.23. The summed E-state index contributed by atoms with van der Waals surface area (Å²) in [6, 6.07) is 0.401. The first-order valence-corrected chi connectivity index (χ1v) is 13.3. The number of aromatic nitrogens is 1. The molecule has 3 rings (SSSR count). The van der Waals surface area contributed by atoms with Crippen LogP contribution < -0.4 is 26.8 Å². The lowest BCUT2D eigenvalue weighted by atomic mass is 9.91. The van der Waals surface area contributed by atoms with Crippen LogP contribution in [-0.4, -0.2) is 118 Å². The van der Waals surface area contributed by atoms with Crippen LogP contribution in [-0.2, 0) is 24.3 Å². The van der Waals surface area contributed by atoms with Crippen molar-refractivity contribution in [2.75, 3.05) is 18.9 Å². The Morgan fingerprint density at radius 2 is 1.51 bits per heavy atom. The van der Waals surface area contributed by atoms with E-state index in [-0.39, 0.29) is 10.0 Å². The summed E-state index contributed by atoms with van der Waals surface area (Å²) in [4.78, 5) is 51.9. The van der Waals surface area contributed by atoms with Crippen LogP contribution in [0.4, 0.5) is 5.82 Å². The number of amides is 1. The van der Waals surface area contributed by atoms with Crippen molar-refractivity contribution in [1.29, 1.82) is 0 Å². The van der Waals surface area contributed by atoms with Gasteiger partial charge >= 0.3 is 15.2 Å². The van der Waals surface area contributed by atoms with Crippen LogP contribution in [0.5, 0.6) is 0 Å². The molecule has 2 aliphatic rings. The average molecular weight is 579 g/mol. The highest BCUT2D eigenvalue weighted by Crippen LogP contribution is 2.45. The maximum atomic E-state index is 12.6. The Balaban J connectivity index is 0.00000481. The predicted octanol–water partition coefficient (Wildman–Crippen LogP) is -7.67. The van der Waals surface area contributed by atoms with E-state index in [4.69, 9.17) is 20.9 Å². The minimum Gasteiger partial charge on any atom is -0.870 e. The lowest BCUT2D eigenvalue weighted by Gasteiger charge is -2.38. The minimum absolute atomic E-state index is 0. The van der Waals surface area contributed by atoms with Crippen molar-refractivity contribution in [2.24, 2.45) is 5.73 Å². The molecule has 0 aliphatic carbocycles. The number of carbonyl (C=O) groups is 1. The number of ether oxygens (including phenoxy) is 2. The molecule has 8 atom stereocenters.